The summed E-state index contributed by atoms with van der Waals surface area (Å²) in [6, 6.07) is 9.45. The molecule has 21 heavy (non-hydrogen) atoms. The van der Waals surface area contributed by atoms with Gasteiger partial charge in [0.05, 0.1) is 11.8 Å². The maximum absolute atomic E-state index is 5.92. The maximum atomic E-state index is 5.92. The molecule has 0 saturated carbocycles. The van der Waals surface area contributed by atoms with Crippen molar-refractivity contribution in [3.8, 4) is 17.2 Å². The van der Waals surface area contributed by atoms with E-state index in [0.717, 1.165) is 21.3 Å². The van der Waals surface area contributed by atoms with Crippen LogP contribution in [0.15, 0.2) is 34.8 Å². The smallest absolute Gasteiger partial charge is 0.146 e. The van der Waals surface area contributed by atoms with Crippen LogP contribution >= 0.6 is 15.9 Å². The molecule has 0 bridgehead atoms. The van der Waals surface area contributed by atoms with Crippen molar-refractivity contribution < 1.29 is 9.47 Å². The molecule has 0 atom stereocenters. The molecule has 3 nitrogen and oxygen atoms in total. The van der Waals surface area contributed by atoms with Crippen molar-refractivity contribution in [1.82, 2.24) is 0 Å². The van der Waals surface area contributed by atoms with Gasteiger partial charge in [-0.3, -0.25) is 0 Å². The first-order valence-corrected chi connectivity index (χ1v) is 7.67. The van der Waals surface area contributed by atoms with Crippen LogP contribution in [0.25, 0.3) is 0 Å². The maximum Gasteiger partial charge on any atom is 0.146 e. The van der Waals surface area contributed by atoms with Crippen LogP contribution in [0, 0.1) is 13.8 Å². The molecule has 2 aromatic carbocycles. The van der Waals surface area contributed by atoms with Gasteiger partial charge in [-0.15, -0.1) is 0 Å². The van der Waals surface area contributed by atoms with Gasteiger partial charge < -0.3 is 15.2 Å². The molecule has 0 heterocycles. The first kappa shape index (κ1) is 15.7. The van der Waals surface area contributed by atoms with Crippen LogP contribution in [0.1, 0.15) is 25.0 Å². The van der Waals surface area contributed by atoms with Crippen LogP contribution in [-0.2, 0) is 0 Å². The number of anilines is 1. The predicted octanol–water partition coefficient (Wildman–Crippen LogP) is 5.23. The summed E-state index contributed by atoms with van der Waals surface area (Å²) in [4.78, 5) is 0. The van der Waals surface area contributed by atoms with Crippen molar-refractivity contribution in [1.29, 1.82) is 0 Å². The topological polar surface area (TPSA) is 44.5 Å². The summed E-state index contributed by atoms with van der Waals surface area (Å²) in [5.41, 5.74) is 8.80. The lowest BCUT2D eigenvalue weighted by atomic mass is 10.1. The largest absolute Gasteiger partial charge is 0.489 e. The second-order valence-corrected chi connectivity index (χ2v) is 6.13. The molecule has 0 radical (unpaired) electrons. The highest BCUT2D eigenvalue weighted by Gasteiger charge is 2.08. The summed E-state index contributed by atoms with van der Waals surface area (Å²) >= 11 is 3.55. The Bertz CT molecular complexity index is 630. The second-order valence-electron chi connectivity index (χ2n) is 5.34. The summed E-state index contributed by atoms with van der Waals surface area (Å²) < 4.78 is 12.7. The molecule has 112 valence electrons. The number of nitrogen functional groups attached to an aromatic ring is 1. The third-order valence-corrected chi connectivity index (χ3v) is 4.24. The molecule has 0 aliphatic carbocycles. The second kappa shape index (κ2) is 6.39. The van der Waals surface area contributed by atoms with Gasteiger partial charge in [-0.05, 0) is 63.1 Å². The van der Waals surface area contributed by atoms with E-state index in [0.29, 0.717) is 17.2 Å². The van der Waals surface area contributed by atoms with Gasteiger partial charge in [0.25, 0.3) is 0 Å². The molecule has 0 amide bonds. The molecule has 0 saturated heterocycles. The predicted molar refractivity (Wildman–Crippen MR) is 90.3 cm³/mol. The van der Waals surface area contributed by atoms with Crippen LogP contribution < -0.4 is 15.2 Å². The van der Waals surface area contributed by atoms with E-state index in [4.69, 9.17) is 15.2 Å². The summed E-state index contributed by atoms with van der Waals surface area (Å²) in [7, 11) is 0. The summed E-state index contributed by atoms with van der Waals surface area (Å²) in [6.07, 6.45) is 0.0692. The zero-order valence-electron chi connectivity index (χ0n) is 12.7. The Morgan fingerprint density at radius 1 is 1.00 bits per heavy atom. The molecular weight excluding hydrogens is 330 g/mol. The molecule has 4 heteroatoms. The van der Waals surface area contributed by atoms with Gasteiger partial charge in [0.1, 0.15) is 17.2 Å². The number of hydrogen-bond acceptors (Lipinski definition) is 3. The number of halogens is 1. The summed E-state index contributed by atoms with van der Waals surface area (Å²) in [5, 5.41) is 0. The minimum Gasteiger partial charge on any atom is -0.489 e. The number of benzene rings is 2. The first-order valence-electron chi connectivity index (χ1n) is 6.87. The number of ether oxygens (including phenoxy) is 2. The average molecular weight is 350 g/mol. The molecule has 0 aliphatic rings. The van der Waals surface area contributed by atoms with E-state index in [1.165, 1.54) is 0 Å². The Morgan fingerprint density at radius 2 is 1.62 bits per heavy atom. The van der Waals surface area contributed by atoms with Crippen LogP contribution in [-0.4, -0.2) is 6.10 Å². The molecule has 0 spiro atoms. The Hall–Kier alpha value is -1.68. The quantitative estimate of drug-likeness (QED) is 0.768. The highest BCUT2D eigenvalue weighted by molar-refractivity contribution is 9.10. The highest BCUT2D eigenvalue weighted by Crippen LogP contribution is 2.33. The lowest BCUT2D eigenvalue weighted by molar-refractivity contribution is 0.243. The molecule has 0 aliphatic heterocycles. The standard InChI is InChI=1S/C17H20BrNO2/c1-10(2)20-16-9-13(5-6-15(16)19)21-14-7-11(3)17(18)12(4)8-14/h5-10H,19H2,1-4H3. The third-order valence-electron chi connectivity index (χ3n) is 2.99. The van der Waals surface area contributed by atoms with E-state index >= 15 is 0 Å². The minimum absolute atomic E-state index is 0.0692. The Kier molecular flexibility index (Phi) is 4.78. The number of hydrogen-bond donors (Lipinski definition) is 1. The van der Waals surface area contributed by atoms with E-state index in [1.807, 2.05) is 52.0 Å². The number of rotatable bonds is 4. The molecule has 0 fully saturated rings. The van der Waals surface area contributed by atoms with Crippen LogP contribution in [0.5, 0.6) is 17.2 Å². The minimum atomic E-state index is 0.0692. The van der Waals surface area contributed by atoms with Gasteiger partial charge in [-0.1, -0.05) is 15.9 Å². The first-order chi connectivity index (χ1) is 9.86. The Morgan fingerprint density at radius 3 is 2.19 bits per heavy atom. The van der Waals surface area contributed by atoms with E-state index in [1.54, 1.807) is 6.07 Å². The SMILES string of the molecule is Cc1cc(Oc2ccc(N)c(OC(C)C)c2)cc(C)c1Br. The van der Waals surface area contributed by atoms with Gasteiger partial charge in [0.2, 0.25) is 0 Å². The van der Waals surface area contributed by atoms with Gasteiger partial charge in [-0.25, -0.2) is 0 Å². The average Bonchev–Trinajstić information content (AvgIpc) is 2.39. The summed E-state index contributed by atoms with van der Waals surface area (Å²) in [5.74, 6) is 2.16. The normalized spacial score (nSPS) is 10.8. The zero-order chi connectivity index (χ0) is 15.6. The third kappa shape index (κ3) is 3.91. The van der Waals surface area contributed by atoms with Gasteiger partial charge in [-0.2, -0.15) is 0 Å². The van der Waals surface area contributed by atoms with E-state index < -0.39 is 0 Å². The number of nitrogens with two attached hydrogens (primary N) is 1. The van der Waals surface area contributed by atoms with Gasteiger partial charge in [0, 0.05) is 10.5 Å². The van der Waals surface area contributed by atoms with E-state index in [9.17, 15) is 0 Å². The molecule has 2 N–H and O–H groups in total. The number of aryl methyl sites for hydroxylation is 2. The fraction of sp³-hybridized carbons (Fsp3) is 0.294. The fourth-order valence-electron chi connectivity index (χ4n) is 2.04. The monoisotopic (exact) mass is 349 g/mol. The van der Waals surface area contributed by atoms with Crippen molar-refractivity contribution in [3.63, 3.8) is 0 Å². The molecule has 2 rings (SSSR count). The van der Waals surface area contributed by atoms with Crippen LogP contribution in [0.2, 0.25) is 0 Å². The van der Waals surface area contributed by atoms with Crippen LogP contribution in [0.4, 0.5) is 5.69 Å². The Labute approximate surface area is 134 Å². The van der Waals surface area contributed by atoms with Crippen molar-refractivity contribution in [3.05, 3.63) is 45.9 Å². The van der Waals surface area contributed by atoms with Gasteiger partial charge in [0.15, 0.2) is 0 Å². The Balaban J connectivity index is 2.27. The fourth-order valence-corrected chi connectivity index (χ4v) is 2.26. The molecule has 0 unspecified atom stereocenters. The molecular formula is C17H20BrNO2. The van der Waals surface area contributed by atoms with Crippen molar-refractivity contribution in [2.45, 2.75) is 33.8 Å². The zero-order valence-corrected chi connectivity index (χ0v) is 14.3. The molecule has 0 aromatic heterocycles. The highest BCUT2D eigenvalue weighted by atomic mass is 79.9. The van der Waals surface area contributed by atoms with Crippen molar-refractivity contribution in [2.24, 2.45) is 0 Å². The lowest BCUT2D eigenvalue weighted by Gasteiger charge is -2.14. The van der Waals surface area contributed by atoms with Crippen LogP contribution in [0.3, 0.4) is 0 Å². The molecule has 2 aromatic rings. The summed E-state index contributed by atoms with van der Waals surface area (Å²) in [6.45, 7) is 8.02. The van der Waals surface area contributed by atoms with Crippen molar-refractivity contribution >= 4 is 21.6 Å². The van der Waals surface area contributed by atoms with Gasteiger partial charge >= 0.3 is 0 Å². The van der Waals surface area contributed by atoms with Crippen molar-refractivity contribution in [2.75, 3.05) is 5.73 Å². The van der Waals surface area contributed by atoms with E-state index in [2.05, 4.69) is 15.9 Å². The van der Waals surface area contributed by atoms with E-state index in [-0.39, 0.29) is 6.10 Å². The lowest BCUT2D eigenvalue weighted by Crippen LogP contribution is -2.07.